The van der Waals surface area contributed by atoms with Crippen LogP contribution in [0.1, 0.15) is 18.9 Å². The lowest BCUT2D eigenvalue weighted by Crippen LogP contribution is -2.32. The summed E-state index contributed by atoms with van der Waals surface area (Å²) in [5.74, 6) is 0.470. The number of hydrogen-bond donors (Lipinski definition) is 1. The third kappa shape index (κ3) is 5.05. The predicted molar refractivity (Wildman–Crippen MR) is 92.8 cm³/mol. The van der Waals surface area contributed by atoms with Crippen LogP contribution < -0.4 is 14.8 Å². The number of carbonyl (C=O) groups is 1. The molecule has 140 valence electrons. The van der Waals surface area contributed by atoms with Crippen LogP contribution in [0.4, 0.5) is 18.9 Å². The van der Waals surface area contributed by atoms with Gasteiger partial charge >= 0.3 is 6.18 Å². The van der Waals surface area contributed by atoms with Gasteiger partial charge in [0, 0.05) is 0 Å². The first-order valence-electron chi connectivity index (χ1n) is 7.73. The van der Waals surface area contributed by atoms with Crippen LogP contribution in [-0.2, 0) is 11.0 Å². The van der Waals surface area contributed by atoms with Gasteiger partial charge < -0.3 is 14.8 Å². The summed E-state index contributed by atoms with van der Waals surface area (Å²) in [7, 11) is 1.52. The van der Waals surface area contributed by atoms with Gasteiger partial charge in [-0.3, -0.25) is 4.79 Å². The molecule has 0 fully saturated rings. The molecular weight excluding hydrogens is 371 g/mol. The molecule has 0 aliphatic heterocycles. The maximum atomic E-state index is 12.8. The lowest BCUT2D eigenvalue weighted by Gasteiger charge is -2.18. The summed E-state index contributed by atoms with van der Waals surface area (Å²) in [5, 5.41) is 2.40. The standard InChI is InChI=1S/C18H17ClF3NO3/c1-3-16(26-13-7-5-12(25-2)6-8-13)17(24)23-15-10-11(18(20,21)22)4-9-14(15)19/h4-10,16H,3H2,1-2H3,(H,23,24)/t16-/m0/s1. The molecule has 1 amide bonds. The average Bonchev–Trinajstić information content (AvgIpc) is 2.61. The van der Waals surface area contributed by atoms with Gasteiger partial charge in [0.25, 0.3) is 5.91 Å². The van der Waals surface area contributed by atoms with Gasteiger partial charge in [-0.2, -0.15) is 13.2 Å². The van der Waals surface area contributed by atoms with Gasteiger partial charge in [-0.25, -0.2) is 0 Å². The lowest BCUT2D eigenvalue weighted by molar-refractivity contribution is -0.137. The molecule has 4 nitrogen and oxygen atoms in total. The molecule has 0 aliphatic rings. The largest absolute Gasteiger partial charge is 0.497 e. The highest BCUT2D eigenvalue weighted by Crippen LogP contribution is 2.34. The molecule has 2 rings (SSSR count). The Morgan fingerprint density at radius 1 is 1.15 bits per heavy atom. The molecule has 0 bridgehead atoms. The van der Waals surface area contributed by atoms with Crippen LogP contribution in [-0.4, -0.2) is 19.1 Å². The quantitative estimate of drug-likeness (QED) is 0.744. The van der Waals surface area contributed by atoms with E-state index < -0.39 is 23.8 Å². The number of halogens is 4. The predicted octanol–water partition coefficient (Wildman–Crippen LogP) is 5.16. The Kier molecular flexibility index (Phi) is 6.37. The summed E-state index contributed by atoms with van der Waals surface area (Å²) >= 11 is 5.90. The topological polar surface area (TPSA) is 47.6 Å². The van der Waals surface area contributed by atoms with Crippen molar-refractivity contribution < 1.29 is 27.4 Å². The summed E-state index contributed by atoms with van der Waals surface area (Å²) < 4.78 is 49.1. The molecule has 2 aromatic carbocycles. The number of nitrogens with one attached hydrogen (secondary N) is 1. The van der Waals surface area contributed by atoms with E-state index in [2.05, 4.69) is 5.32 Å². The minimum absolute atomic E-state index is 0.00523. The van der Waals surface area contributed by atoms with Crippen molar-refractivity contribution in [3.05, 3.63) is 53.1 Å². The lowest BCUT2D eigenvalue weighted by atomic mass is 10.1. The monoisotopic (exact) mass is 387 g/mol. The minimum atomic E-state index is -4.53. The minimum Gasteiger partial charge on any atom is -0.497 e. The zero-order valence-electron chi connectivity index (χ0n) is 14.1. The van der Waals surface area contributed by atoms with Gasteiger partial charge in [0.2, 0.25) is 0 Å². The van der Waals surface area contributed by atoms with Crippen LogP contribution in [0.15, 0.2) is 42.5 Å². The van der Waals surface area contributed by atoms with Gasteiger partial charge in [0.1, 0.15) is 11.5 Å². The molecule has 0 saturated carbocycles. The molecule has 26 heavy (non-hydrogen) atoms. The molecule has 0 unspecified atom stereocenters. The summed E-state index contributed by atoms with van der Waals surface area (Å²) in [6.45, 7) is 1.72. The second-order valence-corrected chi connectivity index (χ2v) is 5.78. The van der Waals surface area contributed by atoms with Crippen molar-refractivity contribution in [2.45, 2.75) is 25.6 Å². The number of amides is 1. The van der Waals surface area contributed by atoms with Crippen LogP contribution >= 0.6 is 11.6 Å². The summed E-state index contributed by atoms with van der Waals surface area (Å²) in [5.41, 5.74) is -1.02. The van der Waals surface area contributed by atoms with Crippen LogP contribution in [0, 0.1) is 0 Å². The molecule has 2 aromatic rings. The molecule has 1 atom stereocenters. The van der Waals surface area contributed by atoms with E-state index in [4.69, 9.17) is 21.1 Å². The maximum absolute atomic E-state index is 12.8. The Morgan fingerprint density at radius 3 is 2.31 bits per heavy atom. The van der Waals surface area contributed by atoms with Gasteiger partial charge in [0.15, 0.2) is 6.10 Å². The first kappa shape index (κ1) is 19.9. The highest BCUT2D eigenvalue weighted by atomic mass is 35.5. The molecule has 0 aromatic heterocycles. The van der Waals surface area contributed by atoms with Crippen molar-refractivity contribution in [2.24, 2.45) is 0 Å². The second kappa shape index (κ2) is 8.31. The third-order valence-electron chi connectivity index (χ3n) is 3.55. The van der Waals surface area contributed by atoms with Crippen LogP contribution in [0.5, 0.6) is 11.5 Å². The van der Waals surface area contributed by atoms with E-state index in [9.17, 15) is 18.0 Å². The third-order valence-corrected chi connectivity index (χ3v) is 3.88. The van der Waals surface area contributed by atoms with Crippen molar-refractivity contribution in [2.75, 3.05) is 12.4 Å². The summed E-state index contributed by atoms with van der Waals surface area (Å²) in [4.78, 5) is 12.4. The highest BCUT2D eigenvalue weighted by molar-refractivity contribution is 6.33. The second-order valence-electron chi connectivity index (χ2n) is 5.37. The zero-order chi connectivity index (χ0) is 19.3. The van der Waals surface area contributed by atoms with E-state index >= 15 is 0 Å². The fourth-order valence-electron chi connectivity index (χ4n) is 2.15. The number of ether oxygens (including phenoxy) is 2. The number of anilines is 1. The number of benzene rings is 2. The van der Waals surface area contributed by atoms with Crippen molar-refractivity contribution in [3.8, 4) is 11.5 Å². The average molecular weight is 388 g/mol. The number of carbonyl (C=O) groups excluding carboxylic acids is 1. The number of hydrogen-bond acceptors (Lipinski definition) is 3. The van der Waals surface area contributed by atoms with E-state index in [-0.39, 0.29) is 10.7 Å². The van der Waals surface area contributed by atoms with Gasteiger partial charge in [-0.1, -0.05) is 18.5 Å². The normalized spacial score (nSPS) is 12.4. The number of alkyl halides is 3. The molecule has 0 spiro atoms. The van der Waals surface area contributed by atoms with Crippen LogP contribution in [0.2, 0.25) is 5.02 Å². The van der Waals surface area contributed by atoms with Crippen molar-refractivity contribution >= 4 is 23.2 Å². The zero-order valence-corrected chi connectivity index (χ0v) is 14.8. The fourth-order valence-corrected chi connectivity index (χ4v) is 2.32. The molecule has 0 aliphatic carbocycles. The van der Waals surface area contributed by atoms with E-state index in [1.165, 1.54) is 7.11 Å². The maximum Gasteiger partial charge on any atom is 0.416 e. The summed E-state index contributed by atoms with van der Waals surface area (Å²) in [6, 6.07) is 9.33. The molecule has 1 N–H and O–H groups in total. The fraction of sp³-hybridized carbons (Fsp3) is 0.278. The SMILES string of the molecule is CC[C@H](Oc1ccc(OC)cc1)C(=O)Nc1cc(C(F)(F)F)ccc1Cl. The van der Waals surface area contributed by atoms with Gasteiger partial charge in [-0.15, -0.1) is 0 Å². The molecule has 0 heterocycles. The first-order valence-corrected chi connectivity index (χ1v) is 8.10. The Morgan fingerprint density at radius 2 is 1.77 bits per heavy atom. The molecule has 0 radical (unpaired) electrons. The first-order chi connectivity index (χ1) is 12.2. The van der Waals surface area contributed by atoms with E-state index in [1.54, 1.807) is 31.2 Å². The van der Waals surface area contributed by atoms with Crippen molar-refractivity contribution in [1.29, 1.82) is 0 Å². The number of methoxy groups -OCH3 is 1. The Bertz CT molecular complexity index is 763. The molecular formula is C18H17ClF3NO3. The van der Waals surface area contributed by atoms with E-state index in [0.29, 0.717) is 17.9 Å². The van der Waals surface area contributed by atoms with E-state index in [0.717, 1.165) is 18.2 Å². The van der Waals surface area contributed by atoms with Crippen LogP contribution in [0.25, 0.3) is 0 Å². The van der Waals surface area contributed by atoms with E-state index in [1.807, 2.05) is 0 Å². The number of rotatable bonds is 6. The van der Waals surface area contributed by atoms with Gasteiger partial charge in [-0.05, 0) is 48.9 Å². The van der Waals surface area contributed by atoms with Crippen LogP contribution in [0.3, 0.4) is 0 Å². The van der Waals surface area contributed by atoms with Gasteiger partial charge in [0.05, 0.1) is 23.4 Å². The Hall–Kier alpha value is -2.41. The molecule has 8 heteroatoms. The van der Waals surface area contributed by atoms with Crippen molar-refractivity contribution in [1.82, 2.24) is 0 Å². The molecule has 0 saturated heterocycles. The highest BCUT2D eigenvalue weighted by Gasteiger charge is 2.31. The smallest absolute Gasteiger partial charge is 0.416 e. The Labute approximate surface area is 153 Å². The summed E-state index contributed by atoms with van der Waals surface area (Å²) in [6.07, 6.45) is -5.11. The van der Waals surface area contributed by atoms with Crippen molar-refractivity contribution in [3.63, 3.8) is 0 Å². The Balaban J connectivity index is 2.13.